The maximum absolute atomic E-state index is 12.4. The molecule has 6 heteroatoms. The first-order valence-corrected chi connectivity index (χ1v) is 8.43. The molecule has 0 aliphatic carbocycles. The SMILES string of the molecule is CCC(CC)c1cc(CNC(=O)C2CCn3cncc3C2)on1. The molecule has 6 nitrogen and oxygen atoms in total. The number of hydrogen-bond donors (Lipinski definition) is 1. The summed E-state index contributed by atoms with van der Waals surface area (Å²) in [5.41, 5.74) is 2.12. The Morgan fingerprint density at radius 1 is 1.48 bits per heavy atom. The summed E-state index contributed by atoms with van der Waals surface area (Å²) in [6.07, 6.45) is 7.37. The third-order valence-electron chi connectivity index (χ3n) is 4.76. The van der Waals surface area contributed by atoms with Crippen LogP contribution in [0.3, 0.4) is 0 Å². The molecular formula is C17H24N4O2. The highest BCUT2D eigenvalue weighted by Gasteiger charge is 2.25. The normalized spacial score (nSPS) is 17.3. The van der Waals surface area contributed by atoms with E-state index in [2.05, 4.69) is 33.9 Å². The van der Waals surface area contributed by atoms with Crippen molar-refractivity contribution in [3.63, 3.8) is 0 Å². The van der Waals surface area contributed by atoms with Crippen LogP contribution in [0.25, 0.3) is 0 Å². The molecule has 1 atom stereocenters. The zero-order valence-electron chi connectivity index (χ0n) is 13.8. The Bertz CT molecular complexity index is 657. The van der Waals surface area contributed by atoms with Crippen molar-refractivity contribution in [1.82, 2.24) is 20.0 Å². The van der Waals surface area contributed by atoms with Gasteiger partial charge in [-0.2, -0.15) is 0 Å². The van der Waals surface area contributed by atoms with E-state index in [4.69, 9.17) is 4.52 Å². The van der Waals surface area contributed by atoms with Gasteiger partial charge in [-0.15, -0.1) is 0 Å². The van der Waals surface area contributed by atoms with Crippen LogP contribution in [0.15, 0.2) is 23.1 Å². The van der Waals surface area contributed by atoms with Crippen LogP contribution < -0.4 is 5.32 Å². The van der Waals surface area contributed by atoms with Gasteiger partial charge >= 0.3 is 0 Å². The number of imidazole rings is 1. The predicted octanol–water partition coefficient (Wildman–Crippen LogP) is 2.65. The second-order valence-corrected chi connectivity index (χ2v) is 6.22. The number of nitrogens with one attached hydrogen (secondary N) is 1. The highest BCUT2D eigenvalue weighted by atomic mass is 16.5. The maximum atomic E-state index is 12.4. The fourth-order valence-electron chi connectivity index (χ4n) is 3.22. The van der Waals surface area contributed by atoms with Crippen LogP contribution in [-0.4, -0.2) is 20.6 Å². The first-order valence-electron chi connectivity index (χ1n) is 8.43. The first-order chi connectivity index (χ1) is 11.2. The highest BCUT2D eigenvalue weighted by Crippen LogP contribution is 2.23. The number of fused-ring (bicyclic) bond motifs is 1. The second-order valence-electron chi connectivity index (χ2n) is 6.22. The van der Waals surface area contributed by atoms with Gasteiger partial charge in [-0.1, -0.05) is 19.0 Å². The van der Waals surface area contributed by atoms with E-state index in [1.54, 1.807) is 0 Å². The quantitative estimate of drug-likeness (QED) is 0.889. The zero-order valence-corrected chi connectivity index (χ0v) is 13.8. The Morgan fingerprint density at radius 2 is 2.30 bits per heavy atom. The van der Waals surface area contributed by atoms with Crippen LogP contribution in [0.1, 0.15) is 56.2 Å². The number of nitrogens with zero attached hydrogens (tertiary/aromatic N) is 3. The fraction of sp³-hybridized carbons (Fsp3) is 0.588. The van der Waals surface area contributed by atoms with Gasteiger partial charge in [-0.25, -0.2) is 4.98 Å². The van der Waals surface area contributed by atoms with E-state index in [1.165, 1.54) is 0 Å². The molecule has 23 heavy (non-hydrogen) atoms. The minimum atomic E-state index is 0.0145. The number of aryl methyl sites for hydroxylation is 1. The minimum absolute atomic E-state index is 0.0145. The van der Waals surface area contributed by atoms with Gasteiger partial charge in [0.1, 0.15) is 0 Å². The summed E-state index contributed by atoms with van der Waals surface area (Å²) in [5, 5.41) is 7.11. The van der Waals surface area contributed by atoms with E-state index in [0.29, 0.717) is 12.5 Å². The Kier molecular flexibility index (Phi) is 4.79. The van der Waals surface area contributed by atoms with Crippen LogP contribution in [0.5, 0.6) is 0 Å². The lowest BCUT2D eigenvalue weighted by Gasteiger charge is -2.22. The topological polar surface area (TPSA) is 73.0 Å². The highest BCUT2D eigenvalue weighted by molar-refractivity contribution is 5.78. The fourth-order valence-corrected chi connectivity index (χ4v) is 3.22. The van der Waals surface area contributed by atoms with E-state index < -0.39 is 0 Å². The van der Waals surface area contributed by atoms with Crippen molar-refractivity contribution < 1.29 is 9.32 Å². The van der Waals surface area contributed by atoms with Gasteiger partial charge in [0, 0.05) is 42.8 Å². The number of aromatic nitrogens is 3. The molecule has 2 aromatic heterocycles. The molecule has 0 radical (unpaired) electrons. The smallest absolute Gasteiger partial charge is 0.223 e. The third kappa shape index (κ3) is 3.46. The summed E-state index contributed by atoms with van der Waals surface area (Å²) >= 11 is 0. The van der Waals surface area contributed by atoms with E-state index in [-0.39, 0.29) is 11.8 Å². The lowest BCUT2D eigenvalue weighted by molar-refractivity contribution is -0.125. The number of rotatable bonds is 6. The molecule has 1 aliphatic heterocycles. The molecule has 3 heterocycles. The van der Waals surface area contributed by atoms with Gasteiger partial charge in [0.05, 0.1) is 18.6 Å². The molecule has 1 unspecified atom stereocenters. The van der Waals surface area contributed by atoms with Crippen LogP contribution in [0, 0.1) is 5.92 Å². The van der Waals surface area contributed by atoms with Gasteiger partial charge in [0.15, 0.2) is 5.76 Å². The number of carbonyl (C=O) groups excluding carboxylic acids is 1. The Hall–Kier alpha value is -2.11. The summed E-state index contributed by atoms with van der Waals surface area (Å²) < 4.78 is 7.47. The summed E-state index contributed by atoms with van der Waals surface area (Å²) in [6, 6.07) is 1.97. The lowest BCUT2D eigenvalue weighted by atomic mass is 9.95. The molecule has 0 saturated carbocycles. The molecule has 0 saturated heterocycles. The van der Waals surface area contributed by atoms with Crippen molar-refractivity contribution in [1.29, 1.82) is 0 Å². The van der Waals surface area contributed by atoms with Crippen LogP contribution in [0.2, 0.25) is 0 Å². The van der Waals surface area contributed by atoms with E-state index in [0.717, 1.165) is 49.4 Å². The lowest BCUT2D eigenvalue weighted by Crippen LogP contribution is -2.34. The number of amides is 1. The number of carbonyl (C=O) groups is 1. The third-order valence-corrected chi connectivity index (χ3v) is 4.76. The Labute approximate surface area is 136 Å². The molecule has 1 aliphatic rings. The largest absolute Gasteiger partial charge is 0.359 e. The molecule has 2 aromatic rings. The summed E-state index contributed by atoms with van der Waals surface area (Å²) in [7, 11) is 0. The molecule has 0 fully saturated rings. The molecular weight excluding hydrogens is 292 g/mol. The molecule has 3 rings (SSSR count). The van der Waals surface area contributed by atoms with E-state index in [1.807, 2.05) is 18.6 Å². The Morgan fingerprint density at radius 3 is 3.09 bits per heavy atom. The predicted molar refractivity (Wildman–Crippen MR) is 85.7 cm³/mol. The minimum Gasteiger partial charge on any atom is -0.359 e. The molecule has 0 spiro atoms. The van der Waals surface area contributed by atoms with Crippen LogP contribution in [-0.2, 0) is 24.3 Å². The van der Waals surface area contributed by atoms with Crippen molar-refractivity contribution in [3.8, 4) is 0 Å². The molecule has 124 valence electrons. The molecule has 1 N–H and O–H groups in total. The first kappa shape index (κ1) is 15.8. The van der Waals surface area contributed by atoms with E-state index >= 15 is 0 Å². The van der Waals surface area contributed by atoms with Gasteiger partial charge < -0.3 is 14.4 Å². The van der Waals surface area contributed by atoms with E-state index in [9.17, 15) is 4.79 Å². The summed E-state index contributed by atoms with van der Waals surface area (Å²) in [4.78, 5) is 16.5. The van der Waals surface area contributed by atoms with Crippen molar-refractivity contribution in [2.24, 2.45) is 5.92 Å². The van der Waals surface area contributed by atoms with Gasteiger partial charge in [-0.3, -0.25) is 4.79 Å². The summed E-state index contributed by atoms with van der Waals surface area (Å²) in [6.45, 7) is 5.56. The van der Waals surface area contributed by atoms with Crippen LogP contribution >= 0.6 is 0 Å². The molecule has 0 aromatic carbocycles. The summed E-state index contributed by atoms with van der Waals surface area (Å²) in [5.74, 6) is 1.25. The average Bonchev–Trinajstić information content (AvgIpc) is 3.22. The Balaban J connectivity index is 1.53. The monoisotopic (exact) mass is 316 g/mol. The van der Waals surface area contributed by atoms with Crippen LogP contribution in [0.4, 0.5) is 0 Å². The van der Waals surface area contributed by atoms with Gasteiger partial charge in [0.25, 0.3) is 0 Å². The van der Waals surface area contributed by atoms with Crippen molar-refractivity contribution in [2.75, 3.05) is 0 Å². The van der Waals surface area contributed by atoms with Gasteiger partial charge in [-0.05, 0) is 19.3 Å². The molecule has 0 bridgehead atoms. The number of hydrogen-bond acceptors (Lipinski definition) is 4. The average molecular weight is 316 g/mol. The van der Waals surface area contributed by atoms with Gasteiger partial charge in [0.2, 0.25) is 5.91 Å². The zero-order chi connectivity index (χ0) is 16.2. The van der Waals surface area contributed by atoms with Crippen molar-refractivity contribution >= 4 is 5.91 Å². The van der Waals surface area contributed by atoms with Crippen molar-refractivity contribution in [3.05, 3.63) is 35.7 Å². The second kappa shape index (κ2) is 6.98. The standard InChI is InChI=1S/C17H24N4O2/c1-3-12(4-2)16-8-15(23-20-16)10-19-17(22)13-5-6-21-11-18-9-14(21)7-13/h8-9,11-13H,3-7,10H2,1-2H3,(H,19,22). The maximum Gasteiger partial charge on any atom is 0.223 e. The van der Waals surface area contributed by atoms with Crippen molar-refractivity contribution in [2.45, 2.75) is 58.5 Å². The molecule has 1 amide bonds.